The zero-order valence-corrected chi connectivity index (χ0v) is 8.13. The number of carbonyl (C=O) groups excluding carboxylic acids is 1. The third-order valence-corrected chi connectivity index (χ3v) is 2.39. The largest absolute Gasteiger partial charge is 0.344 e. The van der Waals surface area contributed by atoms with Gasteiger partial charge in [-0.1, -0.05) is 0 Å². The first kappa shape index (κ1) is 10.7. The molecule has 1 aliphatic heterocycles. The molecule has 16 heavy (non-hydrogen) atoms. The number of aromatic amines is 1. The highest BCUT2D eigenvalue weighted by molar-refractivity contribution is 5.57. The maximum absolute atomic E-state index is 13.2. The molecule has 3 atom stereocenters. The molecule has 0 radical (unpaired) electrons. The number of nitrogens with one attached hydrogen (secondary N) is 1. The number of H-pyrrole nitrogens is 1. The van der Waals surface area contributed by atoms with Crippen molar-refractivity contribution in [1.29, 1.82) is 0 Å². The fraction of sp³-hybridized carbons (Fsp3) is 0.444. The summed E-state index contributed by atoms with van der Waals surface area (Å²) in [6.45, 7) is 0. The highest BCUT2D eigenvalue weighted by Crippen LogP contribution is 2.28. The Hall–Kier alpha value is -1.76. The van der Waals surface area contributed by atoms with Gasteiger partial charge in [-0.3, -0.25) is 14.3 Å². The Bertz CT molecular complexity index is 509. The van der Waals surface area contributed by atoms with Crippen LogP contribution in [0, 0.1) is 0 Å². The number of carbonyl (C=O) groups is 1. The van der Waals surface area contributed by atoms with Gasteiger partial charge < -0.3 is 9.53 Å². The van der Waals surface area contributed by atoms with E-state index in [1.165, 1.54) is 6.20 Å². The van der Waals surface area contributed by atoms with Gasteiger partial charge in [-0.15, -0.1) is 0 Å². The number of alkyl halides is 1. The number of hydrogen-bond acceptors (Lipinski definition) is 4. The van der Waals surface area contributed by atoms with Crippen molar-refractivity contribution >= 4 is 6.29 Å². The first-order valence-electron chi connectivity index (χ1n) is 4.68. The lowest BCUT2D eigenvalue weighted by atomic mass is 10.2. The van der Waals surface area contributed by atoms with Crippen molar-refractivity contribution in [2.45, 2.75) is 24.9 Å². The highest BCUT2D eigenvalue weighted by Gasteiger charge is 2.36. The van der Waals surface area contributed by atoms with Crippen LogP contribution in [-0.4, -0.2) is 28.1 Å². The quantitative estimate of drug-likeness (QED) is 0.683. The molecule has 1 fully saturated rings. The fourth-order valence-corrected chi connectivity index (χ4v) is 1.60. The van der Waals surface area contributed by atoms with Crippen LogP contribution in [0.1, 0.15) is 12.6 Å². The number of halogens is 1. The van der Waals surface area contributed by atoms with Crippen molar-refractivity contribution in [2.24, 2.45) is 0 Å². The zero-order chi connectivity index (χ0) is 11.7. The Kier molecular flexibility index (Phi) is 2.69. The monoisotopic (exact) mass is 228 g/mol. The molecule has 0 bridgehead atoms. The summed E-state index contributed by atoms with van der Waals surface area (Å²) in [6, 6.07) is 1.13. The van der Waals surface area contributed by atoms with Crippen molar-refractivity contribution in [3.05, 3.63) is 33.1 Å². The van der Waals surface area contributed by atoms with Crippen LogP contribution in [0.4, 0.5) is 4.39 Å². The molecule has 6 nitrogen and oxygen atoms in total. The Balaban J connectivity index is 2.30. The average molecular weight is 228 g/mol. The SMILES string of the molecule is O=C[C@H]1O[C@@H](n2ccc(=O)[nH]c2=O)C[C@@H]1F. The predicted octanol–water partition coefficient (Wildman–Crippen LogP) is -0.639. The Morgan fingerprint density at radius 2 is 2.31 bits per heavy atom. The van der Waals surface area contributed by atoms with Crippen LogP contribution in [0.2, 0.25) is 0 Å². The second-order valence-corrected chi connectivity index (χ2v) is 3.46. The van der Waals surface area contributed by atoms with Crippen molar-refractivity contribution in [3.63, 3.8) is 0 Å². The summed E-state index contributed by atoms with van der Waals surface area (Å²) in [5.41, 5.74) is -1.22. The van der Waals surface area contributed by atoms with E-state index in [-0.39, 0.29) is 6.42 Å². The fourth-order valence-electron chi connectivity index (χ4n) is 1.60. The molecule has 1 saturated heterocycles. The lowest BCUT2D eigenvalue weighted by molar-refractivity contribution is -0.121. The molecule has 0 unspecified atom stereocenters. The van der Waals surface area contributed by atoms with Crippen molar-refractivity contribution in [1.82, 2.24) is 9.55 Å². The molecular formula is C9H9FN2O4. The molecule has 0 amide bonds. The van der Waals surface area contributed by atoms with Gasteiger partial charge in [-0.2, -0.15) is 0 Å². The van der Waals surface area contributed by atoms with Crippen LogP contribution in [0.5, 0.6) is 0 Å². The van der Waals surface area contributed by atoms with Gasteiger partial charge in [0.15, 0.2) is 6.29 Å². The number of aldehydes is 1. The third kappa shape index (κ3) is 1.81. The summed E-state index contributed by atoms with van der Waals surface area (Å²) in [6.07, 6.45) is -1.94. The summed E-state index contributed by atoms with van der Waals surface area (Å²) >= 11 is 0. The number of hydrogen-bond donors (Lipinski definition) is 1. The summed E-state index contributed by atoms with van der Waals surface area (Å²) in [5.74, 6) is 0. The van der Waals surface area contributed by atoms with E-state index in [0.717, 1.165) is 10.6 Å². The molecule has 2 heterocycles. The molecular weight excluding hydrogens is 219 g/mol. The van der Waals surface area contributed by atoms with E-state index in [4.69, 9.17) is 4.74 Å². The van der Waals surface area contributed by atoms with Crippen LogP contribution in [0.25, 0.3) is 0 Å². The number of ether oxygens (including phenoxy) is 1. The van der Waals surface area contributed by atoms with E-state index in [1.54, 1.807) is 0 Å². The standard InChI is InChI=1S/C9H9FN2O4/c10-5-3-8(16-6(5)4-13)12-2-1-7(14)11-9(12)15/h1-2,4-6,8H,3H2,(H,11,14,15)/t5-,6+,8+/m0/s1. The van der Waals surface area contributed by atoms with Crippen LogP contribution < -0.4 is 11.2 Å². The predicted molar refractivity (Wildman–Crippen MR) is 50.8 cm³/mol. The van der Waals surface area contributed by atoms with Crippen molar-refractivity contribution < 1.29 is 13.9 Å². The topological polar surface area (TPSA) is 81.2 Å². The van der Waals surface area contributed by atoms with Gasteiger partial charge in [0.1, 0.15) is 18.5 Å². The molecule has 1 aromatic rings. The average Bonchev–Trinajstić information content (AvgIpc) is 2.59. The zero-order valence-electron chi connectivity index (χ0n) is 8.13. The molecule has 7 heteroatoms. The maximum atomic E-state index is 13.2. The van der Waals surface area contributed by atoms with Gasteiger partial charge in [-0.05, 0) is 0 Å². The molecule has 0 aromatic carbocycles. The van der Waals surface area contributed by atoms with Gasteiger partial charge in [0.25, 0.3) is 5.56 Å². The summed E-state index contributed by atoms with van der Waals surface area (Å²) in [5, 5.41) is 0. The minimum atomic E-state index is -1.43. The Labute approximate surface area is 88.7 Å². The first-order valence-corrected chi connectivity index (χ1v) is 4.68. The normalized spacial score (nSPS) is 29.2. The lowest BCUT2D eigenvalue weighted by Gasteiger charge is -2.12. The molecule has 0 saturated carbocycles. The second-order valence-electron chi connectivity index (χ2n) is 3.46. The van der Waals surface area contributed by atoms with E-state index in [9.17, 15) is 18.8 Å². The van der Waals surface area contributed by atoms with E-state index < -0.39 is 29.8 Å². The van der Waals surface area contributed by atoms with Gasteiger partial charge in [0.2, 0.25) is 0 Å². The number of nitrogens with zero attached hydrogens (tertiary/aromatic N) is 1. The Morgan fingerprint density at radius 1 is 1.56 bits per heavy atom. The molecule has 86 valence electrons. The Morgan fingerprint density at radius 3 is 2.88 bits per heavy atom. The summed E-state index contributed by atoms with van der Waals surface area (Å²) in [7, 11) is 0. The van der Waals surface area contributed by atoms with Crippen molar-refractivity contribution in [2.75, 3.05) is 0 Å². The molecule has 0 spiro atoms. The summed E-state index contributed by atoms with van der Waals surface area (Å²) < 4.78 is 19.3. The van der Waals surface area contributed by atoms with E-state index in [2.05, 4.69) is 0 Å². The molecule has 0 aliphatic carbocycles. The smallest absolute Gasteiger partial charge is 0.330 e. The van der Waals surface area contributed by atoms with E-state index in [1.807, 2.05) is 4.98 Å². The molecule has 2 rings (SSSR count). The van der Waals surface area contributed by atoms with Crippen LogP contribution in [-0.2, 0) is 9.53 Å². The first-order chi connectivity index (χ1) is 7.61. The third-order valence-electron chi connectivity index (χ3n) is 2.39. The van der Waals surface area contributed by atoms with Crippen molar-refractivity contribution in [3.8, 4) is 0 Å². The minimum Gasteiger partial charge on any atom is -0.344 e. The van der Waals surface area contributed by atoms with Gasteiger partial charge >= 0.3 is 5.69 Å². The molecule has 1 aromatic heterocycles. The molecule has 1 N–H and O–H groups in total. The summed E-state index contributed by atoms with van der Waals surface area (Å²) in [4.78, 5) is 34.6. The van der Waals surface area contributed by atoms with Gasteiger partial charge in [0, 0.05) is 18.7 Å². The minimum absolute atomic E-state index is 0.0879. The second kappa shape index (κ2) is 4.01. The highest BCUT2D eigenvalue weighted by atomic mass is 19.1. The van der Waals surface area contributed by atoms with Crippen LogP contribution in [0.3, 0.4) is 0 Å². The van der Waals surface area contributed by atoms with Crippen LogP contribution >= 0.6 is 0 Å². The number of aromatic nitrogens is 2. The van der Waals surface area contributed by atoms with E-state index >= 15 is 0 Å². The van der Waals surface area contributed by atoms with E-state index in [0.29, 0.717) is 6.29 Å². The maximum Gasteiger partial charge on any atom is 0.330 e. The molecule has 1 aliphatic rings. The van der Waals surface area contributed by atoms with Gasteiger partial charge in [0.05, 0.1) is 0 Å². The number of rotatable bonds is 2. The lowest BCUT2D eigenvalue weighted by Crippen LogP contribution is -2.31. The van der Waals surface area contributed by atoms with Gasteiger partial charge in [-0.25, -0.2) is 9.18 Å². The van der Waals surface area contributed by atoms with Crippen LogP contribution in [0.15, 0.2) is 21.9 Å².